The fraction of sp³-hybridized carbons (Fsp3) is 0.625. The zero-order chi connectivity index (χ0) is 22.1. The summed E-state index contributed by atoms with van der Waals surface area (Å²) in [4.78, 5) is 37.7. The first-order valence-corrected chi connectivity index (χ1v) is 11.6. The fourth-order valence-corrected chi connectivity index (χ4v) is 4.31. The smallest absolute Gasteiger partial charge is 0.255 e. The van der Waals surface area contributed by atoms with Crippen LogP contribution in [0.4, 0.5) is 0 Å². The molecule has 3 aliphatic rings. The first-order chi connectivity index (χ1) is 14.6. The number of nitrogens with one attached hydrogen (secondary N) is 2. The van der Waals surface area contributed by atoms with Crippen LogP contribution in [-0.2, 0) is 22.7 Å². The van der Waals surface area contributed by atoms with E-state index in [4.69, 9.17) is 0 Å². The number of fused-ring (bicyclic) bond motifs is 1. The third-order valence-electron chi connectivity index (χ3n) is 5.79. The molecule has 2 fully saturated rings. The van der Waals surface area contributed by atoms with E-state index in [2.05, 4.69) is 16.7 Å². The Hall–Kier alpha value is -2.21. The van der Waals surface area contributed by atoms with Crippen molar-refractivity contribution in [2.75, 3.05) is 0 Å². The molecule has 0 radical (unpaired) electrons. The molecule has 1 aromatic carbocycles. The Balaban J connectivity index is 0.000000757. The van der Waals surface area contributed by atoms with Crippen LogP contribution in [0.1, 0.15) is 94.1 Å². The molecule has 30 heavy (non-hydrogen) atoms. The molecular formula is C24H37N3O3. The third kappa shape index (κ3) is 5.69. The highest BCUT2D eigenvalue weighted by atomic mass is 16.2. The maximum absolute atomic E-state index is 12.7. The number of rotatable bonds is 4. The van der Waals surface area contributed by atoms with Crippen LogP contribution >= 0.6 is 0 Å². The summed E-state index contributed by atoms with van der Waals surface area (Å²) in [5.41, 5.74) is 2.83. The van der Waals surface area contributed by atoms with Gasteiger partial charge in [0.05, 0.1) is 0 Å². The summed E-state index contributed by atoms with van der Waals surface area (Å²) in [5, 5.41) is 5.97. The van der Waals surface area contributed by atoms with Gasteiger partial charge in [-0.25, -0.2) is 0 Å². The molecule has 4 rings (SSSR count). The lowest BCUT2D eigenvalue weighted by atomic mass is 9.95. The van der Waals surface area contributed by atoms with Gasteiger partial charge in [0.1, 0.15) is 6.04 Å². The van der Waals surface area contributed by atoms with E-state index in [0.717, 1.165) is 12.1 Å². The van der Waals surface area contributed by atoms with Crippen LogP contribution in [-0.4, -0.2) is 34.7 Å². The average molecular weight is 416 g/mol. The van der Waals surface area contributed by atoms with E-state index in [-0.39, 0.29) is 24.1 Å². The van der Waals surface area contributed by atoms with Crippen LogP contribution < -0.4 is 10.6 Å². The summed E-state index contributed by atoms with van der Waals surface area (Å²) in [7, 11) is 0. The van der Waals surface area contributed by atoms with Crippen molar-refractivity contribution in [3.05, 3.63) is 34.9 Å². The molecule has 1 atom stereocenters. The van der Waals surface area contributed by atoms with Gasteiger partial charge < -0.3 is 10.2 Å². The summed E-state index contributed by atoms with van der Waals surface area (Å²) < 4.78 is 0. The zero-order valence-corrected chi connectivity index (χ0v) is 18.9. The van der Waals surface area contributed by atoms with Gasteiger partial charge >= 0.3 is 0 Å². The molecule has 2 aliphatic heterocycles. The molecule has 0 aromatic heterocycles. The second kappa shape index (κ2) is 11.8. The predicted molar refractivity (Wildman–Crippen MR) is 119 cm³/mol. The lowest BCUT2D eigenvalue weighted by Gasteiger charge is -2.29. The highest BCUT2D eigenvalue weighted by Gasteiger charge is 2.39. The van der Waals surface area contributed by atoms with E-state index in [1.807, 2.05) is 39.8 Å². The van der Waals surface area contributed by atoms with Crippen LogP contribution in [0.5, 0.6) is 0 Å². The molecule has 1 aliphatic carbocycles. The summed E-state index contributed by atoms with van der Waals surface area (Å²) in [5.74, 6) is -0.727. The second-order valence-electron chi connectivity index (χ2n) is 7.61. The van der Waals surface area contributed by atoms with E-state index in [9.17, 15) is 14.4 Å². The summed E-state index contributed by atoms with van der Waals surface area (Å²) in [6.07, 6.45) is 7.12. The summed E-state index contributed by atoms with van der Waals surface area (Å²) in [6.45, 7) is 9.25. The van der Waals surface area contributed by atoms with Crippen molar-refractivity contribution < 1.29 is 14.4 Å². The van der Waals surface area contributed by atoms with Gasteiger partial charge in [-0.05, 0) is 36.5 Å². The van der Waals surface area contributed by atoms with Gasteiger partial charge in [-0.2, -0.15) is 0 Å². The van der Waals surface area contributed by atoms with Crippen molar-refractivity contribution in [1.29, 1.82) is 0 Å². The molecule has 1 saturated carbocycles. The van der Waals surface area contributed by atoms with Crippen LogP contribution in [0.15, 0.2) is 18.2 Å². The number of imide groups is 1. The topological polar surface area (TPSA) is 78.5 Å². The molecule has 2 N–H and O–H groups in total. The van der Waals surface area contributed by atoms with Gasteiger partial charge in [-0.1, -0.05) is 59.1 Å². The minimum absolute atomic E-state index is 0.110. The average Bonchev–Trinajstić information content (AvgIpc) is 3.11. The van der Waals surface area contributed by atoms with Gasteiger partial charge in [0.2, 0.25) is 11.8 Å². The van der Waals surface area contributed by atoms with E-state index in [1.54, 1.807) is 4.90 Å². The molecule has 0 spiro atoms. The second-order valence-corrected chi connectivity index (χ2v) is 7.61. The highest BCUT2D eigenvalue weighted by molar-refractivity contribution is 6.05. The fourth-order valence-electron chi connectivity index (χ4n) is 4.31. The molecular weight excluding hydrogens is 378 g/mol. The number of nitrogens with zero attached hydrogens (tertiary/aromatic N) is 1. The molecule has 3 amide bonds. The molecule has 6 nitrogen and oxygen atoms in total. The van der Waals surface area contributed by atoms with Crippen LogP contribution in [0.25, 0.3) is 0 Å². The third-order valence-corrected chi connectivity index (χ3v) is 5.79. The van der Waals surface area contributed by atoms with E-state index in [1.165, 1.54) is 37.7 Å². The Labute approximate surface area is 180 Å². The zero-order valence-electron chi connectivity index (χ0n) is 18.9. The van der Waals surface area contributed by atoms with Crippen molar-refractivity contribution in [2.24, 2.45) is 0 Å². The van der Waals surface area contributed by atoms with Gasteiger partial charge in [-0.15, -0.1) is 0 Å². The van der Waals surface area contributed by atoms with Gasteiger partial charge in [0.15, 0.2) is 0 Å². The van der Waals surface area contributed by atoms with Crippen molar-refractivity contribution in [2.45, 2.75) is 97.8 Å². The number of benzene rings is 1. The van der Waals surface area contributed by atoms with E-state index >= 15 is 0 Å². The van der Waals surface area contributed by atoms with Gasteiger partial charge in [-0.3, -0.25) is 19.7 Å². The van der Waals surface area contributed by atoms with Crippen LogP contribution in [0.3, 0.4) is 0 Å². The SMILES string of the molecule is CC.CC.O=C1CCC(N2Cc3cc(CNC4CCCCC4)ccc3C2=O)C(=O)N1. The molecule has 1 unspecified atom stereocenters. The normalized spacial score (nSPS) is 21.1. The Morgan fingerprint density at radius 2 is 1.70 bits per heavy atom. The Morgan fingerprint density at radius 1 is 1.00 bits per heavy atom. The highest BCUT2D eigenvalue weighted by Crippen LogP contribution is 2.28. The van der Waals surface area contributed by atoms with Crippen molar-refractivity contribution in [3.63, 3.8) is 0 Å². The Kier molecular flexibility index (Phi) is 9.50. The van der Waals surface area contributed by atoms with Crippen LogP contribution in [0.2, 0.25) is 0 Å². The number of hydrogen-bond donors (Lipinski definition) is 2. The van der Waals surface area contributed by atoms with Crippen molar-refractivity contribution in [1.82, 2.24) is 15.5 Å². The molecule has 1 saturated heterocycles. The summed E-state index contributed by atoms with van der Waals surface area (Å²) in [6, 6.07) is 6.01. The van der Waals surface area contributed by atoms with E-state index < -0.39 is 6.04 Å². The maximum atomic E-state index is 12.7. The molecule has 0 bridgehead atoms. The largest absolute Gasteiger partial charge is 0.322 e. The summed E-state index contributed by atoms with van der Waals surface area (Å²) >= 11 is 0. The quantitative estimate of drug-likeness (QED) is 0.731. The lowest BCUT2D eigenvalue weighted by Crippen LogP contribution is -2.52. The lowest BCUT2D eigenvalue weighted by molar-refractivity contribution is -0.136. The minimum atomic E-state index is -0.545. The van der Waals surface area contributed by atoms with Crippen molar-refractivity contribution >= 4 is 17.7 Å². The predicted octanol–water partition coefficient (Wildman–Crippen LogP) is 3.92. The van der Waals surface area contributed by atoms with Crippen LogP contribution in [0, 0.1) is 0 Å². The molecule has 6 heteroatoms. The Bertz CT molecular complexity index is 741. The number of carbonyl (C=O) groups is 3. The van der Waals surface area contributed by atoms with Crippen molar-refractivity contribution in [3.8, 4) is 0 Å². The number of carbonyl (C=O) groups excluding carboxylic acids is 3. The van der Waals surface area contributed by atoms with E-state index in [0.29, 0.717) is 24.6 Å². The van der Waals surface area contributed by atoms with Gasteiger partial charge in [0.25, 0.3) is 5.91 Å². The number of amides is 3. The minimum Gasteiger partial charge on any atom is -0.322 e. The monoisotopic (exact) mass is 415 g/mol. The molecule has 2 heterocycles. The standard InChI is InChI=1S/C20H25N3O3.2C2H6/c24-18-9-8-17(19(25)22-18)23-12-14-10-13(6-7-16(14)20(23)26)11-21-15-4-2-1-3-5-15;2*1-2/h6-7,10,15,17,21H,1-5,8-9,11-12H2,(H,22,24,25);2*1-2H3. The maximum Gasteiger partial charge on any atom is 0.255 e. The molecule has 166 valence electrons. The Morgan fingerprint density at radius 3 is 2.37 bits per heavy atom. The molecule has 1 aromatic rings. The van der Waals surface area contributed by atoms with Gasteiger partial charge in [0, 0.05) is 31.1 Å². The number of piperidine rings is 1. The number of hydrogen-bond acceptors (Lipinski definition) is 4. The first kappa shape index (κ1) is 24.1. The first-order valence-electron chi connectivity index (χ1n) is 11.6.